The lowest BCUT2D eigenvalue weighted by molar-refractivity contribution is 0.0697. The summed E-state index contributed by atoms with van der Waals surface area (Å²) >= 11 is 0. The minimum absolute atomic E-state index is 0.276. The zero-order valence-electron chi connectivity index (χ0n) is 9.30. The Labute approximate surface area is 93.2 Å². The number of Topliss-reactive ketones (excluding diaryl/α,β-unsaturated/α-hetero) is 1. The van der Waals surface area contributed by atoms with Crippen molar-refractivity contribution in [2.24, 2.45) is 5.92 Å². The Kier molecular flexibility index (Phi) is 4.55. The maximum atomic E-state index is 13.2. The van der Waals surface area contributed by atoms with E-state index in [9.17, 15) is 13.6 Å². The van der Waals surface area contributed by atoms with Crippen LogP contribution in [0.15, 0.2) is 18.2 Å². The van der Waals surface area contributed by atoms with Gasteiger partial charge in [0.15, 0.2) is 5.78 Å². The van der Waals surface area contributed by atoms with Crippen LogP contribution in [0.4, 0.5) is 8.78 Å². The average Bonchev–Trinajstić information content (AvgIpc) is 2.16. The number of rotatable bonds is 5. The maximum absolute atomic E-state index is 13.2. The number of benzene rings is 1. The van der Waals surface area contributed by atoms with Gasteiger partial charge in [-0.3, -0.25) is 4.79 Å². The Bertz CT molecular complexity index is 355. The van der Waals surface area contributed by atoms with E-state index in [0.29, 0.717) is 6.61 Å². The van der Waals surface area contributed by atoms with Crippen LogP contribution in [0.1, 0.15) is 24.2 Å². The number of hydrogen-bond donors (Lipinski definition) is 0. The number of halogens is 2. The SMILES string of the molecule is CC(C)COCC(=O)c1c(F)cccc1F. The summed E-state index contributed by atoms with van der Waals surface area (Å²) in [6, 6.07) is 3.33. The molecule has 0 saturated heterocycles. The van der Waals surface area contributed by atoms with Gasteiger partial charge in [-0.1, -0.05) is 19.9 Å². The van der Waals surface area contributed by atoms with Crippen molar-refractivity contribution in [2.45, 2.75) is 13.8 Å². The number of carbonyl (C=O) groups excluding carboxylic acids is 1. The third-order valence-electron chi connectivity index (χ3n) is 1.93. The Morgan fingerprint density at radius 1 is 1.31 bits per heavy atom. The smallest absolute Gasteiger partial charge is 0.194 e. The summed E-state index contributed by atoms with van der Waals surface area (Å²) in [5, 5.41) is 0. The van der Waals surface area contributed by atoms with Gasteiger partial charge in [0.2, 0.25) is 0 Å². The minimum Gasteiger partial charge on any atom is -0.373 e. The summed E-state index contributed by atoms with van der Waals surface area (Å²) in [4.78, 5) is 11.5. The number of ketones is 1. The van der Waals surface area contributed by atoms with Gasteiger partial charge >= 0.3 is 0 Å². The van der Waals surface area contributed by atoms with E-state index in [1.165, 1.54) is 6.07 Å². The topological polar surface area (TPSA) is 26.3 Å². The van der Waals surface area contributed by atoms with E-state index >= 15 is 0 Å². The lowest BCUT2D eigenvalue weighted by Crippen LogP contribution is -2.15. The largest absolute Gasteiger partial charge is 0.373 e. The second kappa shape index (κ2) is 5.70. The summed E-state index contributed by atoms with van der Waals surface area (Å²) in [5.74, 6) is -2.09. The quantitative estimate of drug-likeness (QED) is 0.724. The number of carbonyl (C=O) groups is 1. The molecule has 0 saturated carbocycles. The molecule has 16 heavy (non-hydrogen) atoms. The van der Waals surface area contributed by atoms with Crippen molar-refractivity contribution in [1.29, 1.82) is 0 Å². The molecule has 4 heteroatoms. The molecule has 0 atom stereocenters. The Hall–Kier alpha value is -1.29. The van der Waals surface area contributed by atoms with Crippen molar-refractivity contribution in [2.75, 3.05) is 13.2 Å². The second-order valence-electron chi connectivity index (χ2n) is 3.93. The van der Waals surface area contributed by atoms with Crippen LogP contribution in [-0.2, 0) is 4.74 Å². The summed E-state index contributed by atoms with van der Waals surface area (Å²) < 4.78 is 31.4. The molecule has 0 aliphatic rings. The van der Waals surface area contributed by atoms with E-state index in [0.717, 1.165) is 12.1 Å². The van der Waals surface area contributed by atoms with Crippen molar-refractivity contribution in [3.8, 4) is 0 Å². The van der Waals surface area contributed by atoms with Crippen LogP contribution in [0.3, 0.4) is 0 Å². The first-order valence-corrected chi connectivity index (χ1v) is 5.07. The maximum Gasteiger partial charge on any atom is 0.194 e. The molecule has 0 unspecified atom stereocenters. The third-order valence-corrected chi connectivity index (χ3v) is 1.93. The van der Waals surface area contributed by atoms with E-state index in [2.05, 4.69) is 0 Å². The highest BCUT2D eigenvalue weighted by Gasteiger charge is 2.16. The van der Waals surface area contributed by atoms with Gasteiger partial charge in [0.25, 0.3) is 0 Å². The molecule has 1 aromatic carbocycles. The molecule has 0 fully saturated rings. The van der Waals surface area contributed by atoms with Crippen LogP contribution in [0.2, 0.25) is 0 Å². The zero-order chi connectivity index (χ0) is 12.1. The highest BCUT2D eigenvalue weighted by Crippen LogP contribution is 2.12. The second-order valence-corrected chi connectivity index (χ2v) is 3.93. The van der Waals surface area contributed by atoms with Crippen molar-refractivity contribution in [3.63, 3.8) is 0 Å². The van der Waals surface area contributed by atoms with Crippen LogP contribution in [0.25, 0.3) is 0 Å². The first-order chi connectivity index (χ1) is 7.52. The summed E-state index contributed by atoms with van der Waals surface area (Å²) in [7, 11) is 0. The van der Waals surface area contributed by atoms with Crippen LogP contribution < -0.4 is 0 Å². The number of hydrogen-bond acceptors (Lipinski definition) is 2. The van der Waals surface area contributed by atoms with Crippen LogP contribution in [-0.4, -0.2) is 19.0 Å². The predicted octanol–water partition coefficient (Wildman–Crippen LogP) is 2.82. The van der Waals surface area contributed by atoms with Gasteiger partial charge in [0, 0.05) is 6.61 Å². The van der Waals surface area contributed by atoms with E-state index in [1.807, 2.05) is 13.8 Å². The van der Waals surface area contributed by atoms with Gasteiger partial charge in [-0.25, -0.2) is 8.78 Å². The molecule has 0 radical (unpaired) electrons. The molecule has 0 N–H and O–H groups in total. The lowest BCUT2D eigenvalue weighted by Gasteiger charge is -2.07. The lowest BCUT2D eigenvalue weighted by atomic mass is 10.1. The first-order valence-electron chi connectivity index (χ1n) is 5.07. The molecule has 0 amide bonds. The zero-order valence-corrected chi connectivity index (χ0v) is 9.30. The molecule has 1 aromatic rings. The van der Waals surface area contributed by atoms with Crippen molar-refractivity contribution < 1.29 is 18.3 Å². The fourth-order valence-electron chi connectivity index (χ4n) is 1.22. The van der Waals surface area contributed by atoms with Crippen LogP contribution in [0.5, 0.6) is 0 Å². The van der Waals surface area contributed by atoms with Crippen LogP contribution in [0, 0.1) is 17.6 Å². The highest BCUT2D eigenvalue weighted by molar-refractivity contribution is 5.97. The molecule has 0 aliphatic heterocycles. The first kappa shape index (κ1) is 12.8. The van der Waals surface area contributed by atoms with E-state index < -0.39 is 23.0 Å². The molecule has 1 rings (SSSR count). The van der Waals surface area contributed by atoms with Crippen molar-refractivity contribution in [1.82, 2.24) is 0 Å². The van der Waals surface area contributed by atoms with Gasteiger partial charge in [0.05, 0.1) is 5.56 Å². The molecule has 0 aromatic heterocycles. The molecule has 88 valence electrons. The van der Waals surface area contributed by atoms with Crippen molar-refractivity contribution >= 4 is 5.78 Å². The van der Waals surface area contributed by atoms with E-state index in [-0.39, 0.29) is 12.5 Å². The summed E-state index contributed by atoms with van der Waals surface area (Å²) in [5.41, 5.74) is -0.522. The number of ether oxygens (including phenoxy) is 1. The van der Waals surface area contributed by atoms with Gasteiger partial charge in [0.1, 0.15) is 18.2 Å². The fraction of sp³-hybridized carbons (Fsp3) is 0.417. The molecule has 0 bridgehead atoms. The Morgan fingerprint density at radius 3 is 2.38 bits per heavy atom. The normalized spacial score (nSPS) is 10.8. The van der Waals surface area contributed by atoms with Gasteiger partial charge < -0.3 is 4.74 Å². The van der Waals surface area contributed by atoms with Crippen molar-refractivity contribution in [3.05, 3.63) is 35.4 Å². The van der Waals surface area contributed by atoms with E-state index in [4.69, 9.17) is 4.74 Å². The fourth-order valence-corrected chi connectivity index (χ4v) is 1.22. The van der Waals surface area contributed by atoms with E-state index in [1.54, 1.807) is 0 Å². The van der Waals surface area contributed by atoms with Crippen LogP contribution >= 0.6 is 0 Å². The highest BCUT2D eigenvalue weighted by atomic mass is 19.1. The molecule has 2 nitrogen and oxygen atoms in total. The molecule has 0 aliphatic carbocycles. The Morgan fingerprint density at radius 2 is 1.88 bits per heavy atom. The molecular weight excluding hydrogens is 214 g/mol. The average molecular weight is 228 g/mol. The molecular formula is C12H14F2O2. The van der Waals surface area contributed by atoms with Gasteiger partial charge in [-0.05, 0) is 18.1 Å². The minimum atomic E-state index is -0.849. The molecule has 0 spiro atoms. The predicted molar refractivity (Wildman–Crippen MR) is 56.3 cm³/mol. The summed E-state index contributed by atoms with van der Waals surface area (Å²) in [6.45, 7) is 3.94. The Balaban J connectivity index is 2.66. The summed E-state index contributed by atoms with van der Waals surface area (Å²) in [6.07, 6.45) is 0. The molecule has 0 heterocycles. The standard InChI is InChI=1S/C12H14F2O2/c1-8(2)6-16-7-11(15)12-9(13)4-3-5-10(12)14/h3-5,8H,6-7H2,1-2H3. The van der Waals surface area contributed by atoms with Gasteiger partial charge in [-0.2, -0.15) is 0 Å². The monoisotopic (exact) mass is 228 g/mol. The third kappa shape index (κ3) is 3.38. The van der Waals surface area contributed by atoms with Gasteiger partial charge in [-0.15, -0.1) is 0 Å².